The first-order valence-electron chi connectivity index (χ1n) is 15.4. The zero-order chi connectivity index (χ0) is 31.7. The van der Waals surface area contributed by atoms with E-state index in [1.165, 1.54) is 11.3 Å². The van der Waals surface area contributed by atoms with Crippen LogP contribution < -0.4 is 5.32 Å². The SMILES string of the molecule is COC1CN([C@H]2C[C@@H](CO[C@H]3CC[C@H](C(=O)O)CC3)N(C(=O)Cc3cc(Cl)c(NC(=O)c4csc5ccccc45)cc3Cl)C2)C1. The first-order chi connectivity index (χ1) is 21.7. The molecule has 3 aromatic rings. The van der Waals surface area contributed by atoms with Gasteiger partial charge in [-0.2, -0.15) is 0 Å². The molecule has 1 aromatic heterocycles. The molecule has 9 nitrogen and oxygen atoms in total. The molecule has 2 atom stereocenters. The number of hydrogen-bond acceptors (Lipinski definition) is 7. The minimum Gasteiger partial charge on any atom is -0.481 e. The molecular weight excluding hydrogens is 637 g/mol. The molecular formula is C33H37Cl2N3O6S. The summed E-state index contributed by atoms with van der Waals surface area (Å²) in [6.45, 7) is 2.67. The van der Waals surface area contributed by atoms with Gasteiger partial charge in [0.05, 0.1) is 53.5 Å². The standard InChI is InChI=1S/C33H37Cl2N3O6S/c1-43-24-15-37(16-24)21-12-22(17-44-23-8-6-19(7-9-23)33(41)42)38(14-21)31(39)11-20-10-28(35)29(13-27(20)34)36-32(40)26-18-45-30-5-3-2-4-25(26)30/h2-5,10,13,18-19,21-24H,6-9,11-12,14-17H2,1H3,(H,36,40)(H,41,42)/t19-,21-,22-,23-/m0/s1. The first kappa shape index (κ1) is 32.2. The molecule has 0 spiro atoms. The van der Waals surface area contributed by atoms with E-state index in [1.807, 2.05) is 34.5 Å². The van der Waals surface area contributed by atoms with E-state index >= 15 is 0 Å². The summed E-state index contributed by atoms with van der Waals surface area (Å²) in [5.74, 6) is -1.38. The lowest BCUT2D eigenvalue weighted by atomic mass is 9.87. The fraction of sp³-hybridized carbons (Fsp3) is 0.485. The van der Waals surface area contributed by atoms with Crippen LogP contribution in [-0.4, -0.2) is 90.3 Å². The van der Waals surface area contributed by atoms with Crippen molar-refractivity contribution in [3.05, 3.63) is 63.0 Å². The minimum absolute atomic E-state index is 0.00144. The van der Waals surface area contributed by atoms with Gasteiger partial charge in [0.25, 0.3) is 5.91 Å². The van der Waals surface area contributed by atoms with Gasteiger partial charge in [-0.1, -0.05) is 41.4 Å². The fourth-order valence-corrected chi connectivity index (χ4v) is 8.09. The number of carbonyl (C=O) groups excluding carboxylic acids is 2. The maximum absolute atomic E-state index is 13.8. The molecule has 2 aromatic carbocycles. The van der Waals surface area contributed by atoms with E-state index in [-0.39, 0.29) is 48.4 Å². The van der Waals surface area contributed by atoms with Crippen molar-refractivity contribution in [1.29, 1.82) is 0 Å². The van der Waals surface area contributed by atoms with Gasteiger partial charge in [0.15, 0.2) is 0 Å². The Morgan fingerprint density at radius 2 is 1.78 bits per heavy atom. The normalized spacial score (nSPS) is 24.1. The maximum Gasteiger partial charge on any atom is 0.306 e. The lowest BCUT2D eigenvalue weighted by Crippen LogP contribution is -2.56. The zero-order valence-corrected chi connectivity index (χ0v) is 27.4. The Balaban J connectivity index is 1.11. The highest BCUT2D eigenvalue weighted by Crippen LogP contribution is 2.34. The van der Waals surface area contributed by atoms with Crippen LogP contribution in [0.1, 0.15) is 48.0 Å². The van der Waals surface area contributed by atoms with Crippen LogP contribution in [0.3, 0.4) is 0 Å². The molecule has 0 unspecified atom stereocenters. The Morgan fingerprint density at radius 3 is 2.51 bits per heavy atom. The number of halogens is 2. The Labute approximate surface area is 276 Å². The van der Waals surface area contributed by atoms with Gasteiger partial charge in [0.1, 0.15) is 0 Å². The van der Waals surface area contributed by atoms with Crippen molar-refractivity contribution in [2.75, 3.05) is 38.7 Å². The van der Waals surface area contributed by atoms with E-state index < -0.39 is 5.97 Å². The molecule has 2 saturated heterocycles. The fourth-order valence-electron chi connectivity index (χ4n) is 6.69. The van der Waals surface area contributed by atoms with Crippen LogP contribution >= 0.6 is 34.5 Å². The minimum atomic E-state index is -0.738. The molecule has 3 fully saturated rings. The average molecular weight is 675 g/mol. The number of nitrogens with one attached hydrogen (secondary N) is 1. The van der Waals surface area contributed by atoms with E-state index in [9.17, 15) is 19.5 Å². The number of carboxylic acids is 1. The van der Waals surface area contributed by atoms with Gasteiger partial charge in [-0.15, -0.1) is 11.3 Å². The number of hydrogen-bond donors (Lipinski definition) is 2. The summed E-state index contributed by atoms with van der Waals surface area (Å²) in [6, 6.07) is 11.1. The van der Waals surface area contributed by atoms with Crippen LogP contribution in [0.15, 0.2) is 41.8 Å². The monoisotopic (exact) mass is 673 g/mol. The van der Waals surface area contributed by atoms with Crippen molar-refractivity contribution >= 4 is 68.1 Å². The van der Waals surface area contributed by atoms with Gasteiger partial charge >= 0.3 is 5.97 Å². The largest absolute Gasteiger partial charge is 0.481 e. The number of methoxy groups -OCH3 is 1. The van der Waals surface area contributed by atoms with Crippen molar-refractivity contribution in [2.24, 2.45) is 5.92 Å². The van der Waals surface area contributed by atoms with Crippen LogP contribution in [-0.2, 0) is 25.5 Å². The molecule has 3 heterocycles. The van der Waals surface area contributed by atoms with Gasteiger partial charge in [0, 0.05) is 53.3 Å². The van der Waals surface area contributed by atoms with Gasteiger partial charge in [-0.3, -0.25) is 19.3 Å². The highest BCUT2D eigenvalue weighted by Gasteiger charge is 2.42. The van der Waals surface area contributed by atoms with Crippen LogP contribution in [0.2, 0.25) is 10.0 Å². The van der Waals surface area contributed by atoms with Crippen molar-refractivity contribution in [2.45, 2.75) is 62.8 Å². The molecule has 1 saturated carbocycles. The van der Waals surface area contributed by atoms with E-state index in [4.69, 9.17) is 32.7 Å². The number of carboxylic acid groups (broad SMARTS) is 1. The van der Waals surface area contributed by atoms with Gasteiger partial charge in [-0.25, -0.2) is 0 Å². The highest BCUT2D eigenvalue weighted by molar-refractivity contribution is 7.17. The van der Waals surface area contributed by atoms with Crippen molar-refractivity contribution in [1.82, 2.24) is 9.80 Å². The molecule has 1 aliphatic carbocycles. The number of carbonyl (C=O) groups is 3. The Morgan fingerprint density at radius 1 is 1.02 bits per heavy atom. The molecule has 6 rings (SSSR count). The second kappa shape index (κ2) is 13.9. The van der Waals surface area contributed by atoms with Crippen LogP contribution in [0.4, 0.5) is 5.69 Å². The van der Waals surface area contributed by atoms with E-state index in [0.29, 0.717) is 65.7 Å². The topological polar surface area (TPSA) is 108 Å². The molecule has 0 bridgehead atoms. The number of anilines is 1. The number of amides is 2. The number of rotatable bonds is 10. The molecule has 45 heavy (non-hydrogen) atoms. The highest BCUT2D eigenvalue weighted by atomic mass is 35.5. The predicted octanol–water partition coefficient (Wildman–Crippen LogP) is 5.96. The number of nitrogens with zero attached hydrogens (tertiary/aromatic N) is 2. The molecule has 2 aliphatic heterocycles. The van der Waals surface area contributed by atoms with Crippen molar-refractivity contribution in [3.63, 3.8) is 0 Å². The summed E-state index contributed by atoms with van der Waals surface area (Å²) in [5.41, 5.74) is 1.53. The third kappa shape index (κ3) is 7.16. The number of likely N-dealkylation sites (tertiary alicyclic amines) is 2. The number of fused-ring (bicyclic) bond motifs is 1. The van der Waals surface area contributed by atoms with E-state index in [0.717, 1.165) is 29.6 Å². The Bertz CT molecular complexity index is 1570. The average Bonchev–Trinajstić information content (AvgIpc) is 3.63. The quantitative estimate of drug-likeness (QED) is 0.273. The molecule has 240 valence electrons. The first-order valence-corrected chi connectivity index (χ1v) is 17.0. The van der Waals surface area contributed by atoms with Gasteiger partial charge < -0.3 is 24.8 Å². The lowest BCUT2D eigenvalue weighted by Gasteiger charge is -2.42. The van der Waals surface area contributed by atoms with E-state index in [2.05, 4.69) is 10.2 Å². The number of aliphatic carboxylic acids is 1. The summed E-state index contributed by atoms with van der Waals surface area (Å²) in [7, 11) is 1.72. The van der Waals surface area contributed by atoms with Gasteiger partial charge in [0.2, 0.25) is 5.91 Å². The third-order valence-electron chi connectivity index (χ3n) is 9.44. The molecule has 2 N–H and O–H groups in total. The second-order valence-corrected chi connectivity index (χ2v) is 14.0. The summed E-state index contributed by atoms with van der Waals surface area (Å²) in [4.78, 5) is 42.5. The maximum atomic E-state index is 13.8. The summed E-state index contributed by atoms with van der Waals surface area (Å²) >= 11 is 14.8. The van der Waals surface area contributed by atoms with Crippen LogP contribution in [0.5, 0.6) is 0 Å². The lowest BCUT2D eigenvalue weighted by molar-refractivity contribution is -0.144. The summed E-state index contributed by atoms with van der Waals surface area (Å²) in [5, 5.41) is 15.5. The molecule has 12 heteroatoms. The van der Waals surface area contributed by atoms with Crippen LogP contribution in [0.25, 0.3) is 10.1 Å². The molecule has 2 amide bonds. The van der Waals surface area contributed by atoms with Gasteiger partial charge in [-0.05, 0) is 55.9 Å². The molecule has 0 radical (unpaired) electrons. The summed E-state index contributed by atoms with van der Waals surface area (Å²) < 4.78 is 12.8. The zero-order valence-electron chi connectivity index (χ0n) is 25.0. The number of ether oxygens (including phenoxy) is 2. The number of benzene rings is 2. The van der Waals surface area contributed by atoms with Crippen molar-refractivity contribution < 1.29 is 29.0 Å². The van der Waals surface area contributed by atoms with Crippen LogP contribution in [0, 0.1) is 5.92 Å². The number of thiophene rings is 1. The summed E-state index contributed by atoms with van der Waals surface area (Å²) in [6.07, 6.45) is 3.72. The Kier molecular flexibility index (Phi) is 9.99. The molecule has 3 aliphatic rings. The Hall–Kier alpha value is -2.73. The predicted molar refractivity (Wildman–Crippen MR) is 176 cm³/mol. The smallest absolute Gasteiger partial charge is 0.306 e. The van der Waals surface area contributed by atoms with E-state index in [1.54, 1.807) is 19.2 Å². The third-order valence-corrected chi connectivity index (χ3v) is 11.1. The second-order valence-electron chi connectivity index (χ2n) is 12.2. The van der Waals surface area contributed by atoms with Crippen molar-refractivity contribution in [3.8, 4) is 0 Å².